The van der Waals surface area contributed by atoms with E-state index in [1.165, 1.54) is 13.8 Å². The van der Waals surface area contributed by atoms with Crippen molar-refractivity contribution in [1.82, 2.24) is 0 Å². The van der Waals surface area contributed by atoms with Crippen molar-refractivity contribution < 1.29 is 23.8 Å². The molecule has 0 amide bonds. The molecule has 0 atom stereocenters. The maximum absolute atomic E-state index is 13.0. The van der Waals surface area contributed by atoms with Crippen LogP contribution in [0.5, 0.6) is 5.75 Å². The van der Waals surface area contributed by atoms with Crippen molar-refractivity contribution >= 4 is 5.97 Å². The van der Waals surface area contributed by atoms with Gasteiger partial charge < -0.3 is 10.2 Å². The monoisotopic (exact) mass is 230 g/mol. The van der Waals surface area contributed by atoms with E-state index in [2.05, 4.69) is 0 Å². The number of hydrogen-bond acceptors (Lipinski definition) is 2. The van der Waals surface area contributed by atoms with Gasteiger partial charge in [0.05, 0.1) is 6.42 Å². The number of benzene rings is 1. The molecule has 0 aliphatic heterocycles. The molecule has 0 saturated heterocycles. The molecule has 1 aromatic rings. The molecular weight excluding hydrogens is 218 g/mol. The molecule has 88 valence electrons. The quantitative estimate of drug-likeness (QED) is 0.838. The standard InChI is InChI=1S/C11H12F2O3/c1-11(2,5-10(15)16)6-3-7(12)8(13)4-9(6)14/h3-4,14H,5H2,1-2H3,(H,15,16). The van der Waals surface area contributed by atoms with Crippen LogP contribution < -0.4 is 0 Å². The van der Waals surface area contributed by atoms with E-state index in [1.807, 2.05) is 0 Å². The molecular formula is C11H12F2O3. The normalized spacial score (nSPS) is 11.5. The van der Waals surface area contributed by atoms with Crippen molar-refractivity contribution in [2.75, 3.05) is 0 Å². The lowest BCUT2D eigenvalue weighted by Gasteiger charge is -2.24. The number of carboxylic acid groups (broad SMARTS) is 1. The summed E-state index contributed by atoms with van der Waals surface area (Å²) in [5.74, 6) is -3.78. The third-order valence-corrected chi connectivity index (χ3v) is 2.36. The molecule has 1 aromatic carbocycles. The summed E-state index contributed by atoms with van der Waals surface area (Å²) in [6.45, 7) is 3.07. The topological polar surface area (TPSA) is 57.5 Å². The van der Waals surface area contributed by atoms with Crippen LogP contribution in [0, 0.1) is 11.6 Å². The Labute approximate surface area is 91.3 Å². The molecule has 16 heavy (non-hydrogen) atoms. The Hall–Kier alpha value is -1.65. The van der Waals surface area contributed by atoms with Crippen LogP contribution in [0.15, 0.2) is 12.1 Å². The zero-order valence-corrected chi connectivity index (χ0v) is 8.92. The number of hydrogen-bond donors (Lipinski definition) is 2. The predicted octanol–water partition coefficient (Wildman–Crippen LogP) is 2.42. The number of carboxylic acids is 1. The number of halogens is 2. The van der Waals surface area contributed by atoms with Gasteiger partial charge in [-0.15, -0.1) is 0 Å². The van der Waals surface area contributed by atoms with Crippen molar-refractivity contribution in [3.05, 3.63) is 29.3 Å². The van der Waals surface area contributed by atoms with Crippen molar-refractivity contribution in [2.45, 2.75) is 25.7 Å². The molecule has 3 nitrogen and oxygen atoms in total. The Bertz CT molecular complexity index is 427. The highest BCUT2D eigenvalue weighted by molar-refractivity contribution is 5.69. The maximum Gasteiger partial charge on any atom is 0.304 e. The Morgan fingerprint density at radius 1 is 1.31 bits per heavy atom. The smallest absolute Gasteiger partial charge is 0.304 e. The van der Waals surface area contributed by atoms with E-state index in [9.17, 15) is 18.7 Å². The Kier molecular flexibility index (Phi) is 3.16. The molecule has 0 fully saturated rings. The summed E-state index contributed by atoms with van der Waals surface area (Å²) in [7, 11) is 0. The minimum Gasteiger partial charge on any atom is -0.508 e. The molecule has 5 heteroatoms. The minimum atomic E-state index is -1.16. The molecule has 0 aliphatic carbocycles. The van der Waals surface area contributed by atoms with Gasteiger partial charge in [-0.2, -0.15) is 0 Å². The first kappa shape index (κ1) is 12.4. The predicted molar refractivity (Wildman–Crippen MR) is 53.3 cm³/mol. The zero-order valence-electron chi connectivity index (χ0n) is 8.92. The van der Waals surface area contributed by atoms with Gasteiger partial charge in [0.2, 0.25) is 0 Å². The summed E-state index contributed by atoms with van der Waals surface area (Å²) < 4.78 is 25.8. The van der Waals surface area contributed by atoms with Crippen molar-refractivity contribution in [3.8, 4) is 5.75 Å². The van der Waals surface area contributed by atoms with E-state index in [-0.39, 0.29) is 12.0 Å². The average Bonchev–Trinajstić information content (AvgIpc) is 2.08. The van der Waals surface area contributed by atoms with Crippen LogP contribution in [0.1, 0.15) is 25.8 Å². The van der Waals surface area contributed by atoms with E-state index in [0.29, 0.717) is 6.07 Å². The molecule has 0 bridgehead atoms. The molecule has 0 unspecified atom stereocenters. The van der Waals surface area contributed by atoms with Crippen LogP contribution in [0.3, 0.4) is 0 Å². The average molecular weight is 230 g/mol. The van der Waals surface area contributed by atoms with E-state index < -0.39 is 28.8 Å². The van der Waals surface area contributed by atoms with Crippen LogP contribution >= 0.6 is 0 Å². The number of phenols is 1. The van der Waals surface area contributed by atoms with Gasteiger partial charge in [0, 0.05) is 17.0 Å². The van der Waals surface area contributed by atoms with Gasteiger partial charge >= 0.3 is 5.97 Å². The van der Waals surface area contributed by atoms with Crippen LogP contribution in [0.25, 0.3) is 0 Å². The van der Waals surface area contributed by atoms with Crippen molar-refractivity contribution in [1.29, 1.82) is 0 Å². The second-order valence-corrected chi connectivity index (χ2v) is 4.24. The molecule has 0 saturated carbocycles. The maximum atomic E-state index is 13.0. The summed E-state index contributed by atoms with van der Waals surface area (Å²) in [5.41, 5.74) is -0.890. The fraction of sp³-hybridized carbons (Fsp3) is 0.364. The molecule has 0 aliphatic rings. The molecule has 1 rings (SSSR count). The highest BCUT2D eigenvalue weighted by atomic mass is 19.2. The largest absolute Gasteiger partial charge is 0.508 e. The second-order valence-electron chi connectivity index (χ2n) is 4.24. The lowest BCUT2D eigenvalue weighted by molar-refractivity contribution is -0.138. The number of rotatable bonds is 3. The number of aliphatic carboxylic acids is 1. The summed E-state index contributed by atoms with van der Waals surface area (Å²) in [4.78, 5) is 10.6. The highest BCUT2D eigenvalue weighted by Gasteiger charge is 2.28. The SMILES string of the molecule is CC(C)(CC(=O)O)c1cc(F)c(F)cc1O. The van der Waals surface area contributed by atoms with Crippen molar-refractivity contribution in [2.24, 2.45) is 0 Å². The first-order chi connectivity index (χ1) is 7.24. The van der Waals surface area contributed by atoms with Gasteiger partial charge in [0.1, 0.15) is 5.75 Å². The molecule has 0 radical (unpaired) electrons. The van der Waals surface area contributed by atoms with E-state index in [4.69, 9.17) is 5.11 Å². The van der Waals surface area contributed by atoms with E-state index >= 15 is 0 Å². The summed E-state index contributed by atoms with van der Waals surface area (Å²) >= 11 is 0. The molecule has 2 N–H and O–H groups in total. The lowest BCUT2D eigenvalue weighted by atomic mass is 9.81. The van der Waals surface area contributed by atoms with E-state index in [1.54, 1.807) is 0 Å². The van der Waals surface area contributed by atoms with Crippen LogP contribution in [-0.2, 0) is 10.2 Å². The van der Waals surface area contributed by atoms with E-state index in [0.717, 1.165) is 6.07 Å². The van der Waals surface area contributed by atoms with Gasteiger partial charge in [-0.3, -0.25) is 4.79 Å². The molecule has 0 spiro atoms. The number of aromatic hydroxyl groups is 1. The summed E-state index contributed by atoms with van der Waals surface area (Å²) in [6.07, 6.45) is -0.286. The Morgan fingerprint density at radius 3 is 2.31 bits per heavy atom. The first-order valence-corrected chi connectivity index (χ1v) is 4.64. The van der Waals surface area contributed by atoms with Gasteiger partial charge in [0.15, 0.2) is 11.6 Å². The third-order valence-electron chi connectivity index (χ3n) is 2.36. The Balaban J connectivity index is 3.22. The van der Waals surface area contributed by atoms with Gasteiger partial charge in [-0.25, -0.2) is 8.78 Å². The van der Waals surface area contributed by atoms with Crippen LogP contribution in [0.2, 0.25) is 0 Å². The van der Waals surface area contributed by atoms with Crippen LogP contribution in [-0.4, -0.2) is 16.2 Å². The number of phenolic OH excluding ortho intramolecular Hbond substituents is 1. The highest BCUT2D eigenvalue weighted by Crippen LogP contribution is 2.34. The summed E-state index contributed by atoms with van der Waals surface area (Å²) in [5, 5.41) is 18.1. The third kappa shape index (κ3) is 2.48. The van der Waals surface area contributed by atoms with Gasteiger partial charge in [0.25, 0.3) is 0 Å². The second kappa shape index (κ2) is 4.08. The Morgan fingerprint density at radius 2 is 1.81 bits per heavy atom. The first-order valence-electron chi connectivity index (χ1n) is 4.64. The fourth-order valence-corrected chi connectivity index (χ4v) is 1.55. The fourth-order valence-electron chi connectivity index (χ4n) is 1.55. The van der Waals surface area contributed by atoms with Crippen molar-refractivity contribution in [3.63, 3.8) is 0 Å². The zero-order chi connectivity index (χ0) is 12.5. The van der Waals surface area contributed by atoms with Crippen LogP contribution in [0.4, 0.5) is 8.78 Å². The summed E-state index contributed by atoms with van der Waals surface area (Å²) in [6, 6.07) is 1.47. The number of carbonyl (C=O) groups is 1. The van der Waals surface area contributed by atoms with Gasteiger partial charge in [-0.1, -0.05) is 13.8 Å². The lowest BCUT2D eigenvalue weighted by Crippen LogP contribution is -2.22. The molecule has 0 aromatic heterocycles. The van der Waals surface area contributed by atoms with Gasteiger partial charge in [-0.05, 0) is 6.07 Å². The molecule has 0 heterocycles. The minimum absolute atomic E-state index is 0.0776.